The first-order valence-corrected chi connectivity index (χ1v) is 7.35. The zero-order chi connectivity index (χ0) is 15.9. The first-order valence-electron chi connectivity index (χ1n) is 7.35. The van der Waals surface area contributed by atoms with Gasteiger partial charge < -0.3 is 19.9 Å². The van der Waals surface area contributed by atoms with Crippen LogP contribution in [0.3, 0.4) is 0 Å². The minimum Gasteiger partial charge on any atom is -0.481 e. The van der Waals surface area contributed by atoms with E-state index in [1.54, 1.807) is 21.1 Å². The van der Waals surface area contributed by atoms with Crippen LogP contribution in [-0.2, 0) is 11.3 Å². The van der Waals surface area contributed by atoms with Gasteiger partial charge in [-0.25, -0.2) is 4.98 Å². The van der Waals surface area contributed by atoms with Gasteiger partial charge in [-0.1, -0.05) is 6.07 Å². The molecule has 22 heavy (non-hydrogen) atoms. The molecule has 1 aliphatic rings. The van der Waals surface area contributed by atoms with Gasteiger partial charge in [0, 0.05) is 46.2 Å². The summed E-state index contributed by atoms with van der Waals surface area (Å²) in [7, 11) is 3.37. The molecule has 0 unspecified atom stereocenters. The molecule has 0 spiro atoms. The van der Waals surface area contributed by atoms with Crippen LogP contribution in [0.2, 0.25) is 0 Å². The average molecular weight is 305 g/mol. The summed E-state index contributed by atoms with van der Waals surface area (Å²) in [6.07, 6.45) is 0. The van der Waals surface area contributed by atoms with Crippen LogP contribution in [0.5, 0.6) is 5.88 Å². The van der Waals surface area contributed by atoms with Crippen molar-refractivity contribution in [3.05, 3.63) is 23.9 Å². The molecule has 0 aliphatic carbocycles. The van der Waals surface area contributed by atoms with E-state index in [2.05, 4.69) is 20.2 Å². The van der Waals surface area contributed by atoms with Crippen LogP contribution in [0.25, 0.3) is 0 Å². The lowest BCUT2D eigenvalue weighted by molar-refractivity contribution is -0.130. The Hall–Kier alpha value is -2.31. The second kappa shape index (κ2) is 7.63. The van der Waals surface area contributed by atoms with E-state index in [1.165, 1.54) is 0 Å². The fourth-order valence-electron chi connectivity index (χ4n) is 2.40. The summed E-state index contributed by atoms with van der Waals surface area (Å²) in [5, 5.41) is 3.31. The quantitative estimate of drug-likeness (QED) is 0.644. The number of amides is 1. The van der Waals surface area contributed by atoms with Crippen LogP contribution in [0.15, 0.2) is 23.2 Å². The summed E-state index contributed by atoms with van der Waals surface area (Å²) in [5.74, 6) is 1.56. The van der Waals surface area contributed by atoms with Gasteiger partial charge >= 0.3 is 0 Å². The molecule has 1 amide bonds. The topological polar surface area (TPSA) is 70.1 Å². The number of methoxy groups -OCH3 is 1. The van der Waals surface area contributed by atoms with Gasteiger partial charge in [-0.05, 0) is 6.07 Å². The van der Waals surface area contributed by atoms with E-state index in [-0.39, 0.29) is 5.91 Å². The molecule has 1 aromatic heterocycles. The number of pyridine rings is 1. The van der Waals surface area contributed by atoms with Crippen molar-refractivity contribution in [3.8, 4) is 5.88 Å². The number of aromatic nitrogens is 1. The molecule has 0 aromatic carbocycles. The highest BCUT2D eigenvalue weighted by Gasteiger charge is 2.20. The zero-order valence-electron chi connectivity index (χ0n) is 13.4. The molecule has 1 aromatic rings. The Bertz CT molecular complexity index is 538. The molecule has 0 bridgehead atoms. The second-order valence-corrected chi connectivity index (χ2v) is 5.07. The van der Waals surface area contributed by atoms with E-state index in [0.717, 1.165) is 37.8 Å². The van der Waals surface area contributed by atoms with Crippen molar-refractivity contribution in [2.75, 3.05) is 40.3 Å². The molecular formula is C15H23N5O2. The van der Waals surface area contributed by atoms with Crippen LogP contribution in [0.4, 0.5) is 0 Å². The van der Waals surface area contributed by atoms with Crippen molar-refractivity contribution in [2.24, 2.45) is 4.99 Å². The predicted octanol–water partition coefficient (Wildman–Crippen LogP) is 0.330. The van der Waals surface area contributed by atoms with Gasteiger partial charge in [0.2, 0.25) is 11.8 Å². The third kappa shape index (κ3) is 4.09. The lowest BCUT2D eigenvalue weighted by Gasteiger charge is -2.36. The van der Waals surface area contributed by atoms with Crippen LogP contribution in [0.1, 0.15) is 12.6 Å². The summed E-state index contributed by atoms with van der Waals surface area (Å²) < 4.78 is 5.12. The number of ether oxygens (including phenoxy) is 1. The maximum absolute atomic E-state index is 11.4. The largest absolute Gasteiger partial charge is 0.481 e. The molecule has 2 heterocycles. The molecule has 1 fully saturated rings. The monoisotopic (exact) mass is 305 g/mol. The number of nitrogens with zero attached hydrogens (tertiary/aromatic N) is 4. The Morgan fingerprint density at radius 2 is 2.00 bits per heavy atom. The number of rotatable bonds is 3. The minimum absolute atomic E-state index is 0.128. The third-order valence-electron chi connectivity index (χ3n) is 3.65. The van der Waals surface area contributed by atoms with Crippen LogP contribution in [-0.4, -0.2) is 67.0 Å². The van der Waals surface area contributed by atoms with Gasteiger partial charge in [-0.2, -0.15) is 0 Å². The van der Waals surface area contributed by atoms with Crippen molar-refractivity contribution in [2.45, 2.75) is 13.5 Å². The Labute approximate surface area is 131 Å². The molecular weight excluding hydrogens is 282 g/mol. The molecule has 7 heteroatoms. The first kappa shape index (κ1) is 16.1. The lowest BCUT2D eigenvalue weighted by atomic mass is 10.3. The second-order valence-electron chi connectivity index (χ2n) is 5.07. The molecule has 7 nitrogen and oxygen atoms in total. The summed E-state index contributed by atoms with van der Waals surface area (Å²) >= 11 is 0. The highest BCUT2D eigenvalue weighted by molar-refractivity contribution is 5.80. The van der Waals surface area contributed by atoms with Crippen LogP contribution in [0, 0.1) is 0 Å². The van der Waals surface area contributed by atoms with Crippen molar-refractivity contribution < 1.29 is 9.53 Å². The molecule has 0 atom stereocenters. The Kier molecular flexibility index (Phi) is 5.57. The molecule has 1 saturated heterocycles. The molecule has 0 saturated carbocycles. The Balaban J connectivity index is 1.89. The van der Waals surface area contributed by atoms with Crippen LogP contribution < -0.4 is 10.1 Å². The van der Waals surface area contributed by atoms with E-state index in [1.807, 2.05) is 23.1 Å². The number of hydrogen-bond donors (Lipinski definition) is 1. The molecule has 1 aliphatic heterocycles. The van der Waals surface area contributed by atoms with Gasteiger partial charge in [0.1, 0.15) is 0 Å². The van der Waals surface area contributed by atoms with E-state index >= 15 is 0 Å². The molecule has 0 radical (unpaired) electrons. The third-order valence-corrected chi connectivity index (χ3v) is 3.65. The maximum atomic E-state index is 11.4. The Morgan fingerprint density at radius 3 is 2.59 bits per heavy atom. The zero-order valence-corrected chi connectivity index (χ0v) is 13.4. The van der Waals surface area contributed by atoms with Gasteiger partial charge in [-0.3, -0.25) is 9.79 Å². The Morgan fingerprint density at radius 1 is 1.32 bits per heavy atom. The fourth-order valence-corrected chi connectivity index (χ4v) is 2.40. The standard InChI is InChI=1S/C15H23N5O2/c1-12(21)19-7-9-20(10-8-19)15(16-2)17-11-13-5-4-6-14(18-13)22-3/h4-6H,7-11H2,1-3H3,(H,16,17). The SMILES string of the molecule is CN=C(NCc1cccc(OC)n1)N1CCN(C(C)=O)CC1. The number of piperazine rings is 1. The highest BCUT2D eigenvalue weighted by atomic mass is 16.5. The van der Waals surface area contributed by atoms with Gasteiger partial charge in [-0.15, -0.1) is 0 Å². The van der Waals surface area contributed by atoms with Gasteiger partial charge in [0.05, 0.1) is 19.3 Å². The van der Waals surface area contributed by atoms with Crippen LogP contribution >= 0.6 is 0 Å². The first-order chi connectivity index (χ1) is 10.6. The van der Waals surface area contributed by atoms with Crippen molar-refractivity contribution in [1.29, 1.82) is 0 Å². The van der Waals surface area contributed by atoms with Gasteiger partial charge in [0.25, 0.3) is 0 Å². The van der Waals surface area contributed by atoms with E-state index in [0.29, 0.717) is 12.4 Å². The normalized spacial score (nSPS) is 15.7. The summed E-state index contributed by atoms with van der Waals surface area (Å²) in [6.45, 7) is 5.21. The summed E-state index contributed by atoms with van der Waals surface area (Å²) in [6, 6.07) is 5.67. The number of carbonyl (C=O) groups is 1. The minimum atomic E-state index is 0.128. The lowest BCUT2D eigenvalue weighted by Crippen LogP contribution is -2.53. The van der Waals surface area contributed by atoms with Crippen molar-refractivity contribution >= 4 is 11.9 Å². The highest BCUT2D eigenvalue weighted by Crippen LogP contribution is 2.07. The predicted molar refractivity (Wildman–Crippen MR) is 84.8 cm³/mol. The molecule has 2 rings (SSSR count). The van der Waals surface area contributed by atoms with E-state index in [4.69, 9.17) is 4.74 Å². The smallest absolute Gasteiger partial charge is 0.219 e. The van der Waals surface area contributed by atoms with Gasteiger partial charge in [0.15, 0.2) is 5.96 Å². The number of nitrogens with one attached hydrogen (secondary N) is 1. The molecule has 1 N–H and O–H groups in total. The average Bonchev–Trinajstić information content (AvgIpc) is 2.56. The van der Waals surface area contributed by atoms with E-state index in [9.17, 15) is 4.79 Å². The maximum Gasteiger partial charge on any atom is 0.219 e. The number of aliphatic imine (C=N–C) groups is 1. The number of guanidine groups is 1. The number of hydrogen-bond acceptors (Lipinski definition) is 4. The van der Waals surface area contributed by atoms with Crippen molar-refractivity contribution in [1.82, 2.24) is 20.1 Å². The van der Waals surface area contributed by atoms with E-state index < -0.39 is 0 Å². The molecule has 120 valence electrons. The van der Waals surface area contributed by atoms with Crippen molar-refractivity contribution in [3.63, 3.8) is 0 Å². The summed E-state index contributed by atoms with van der Waals surface area (Å²) in [4.78, 5) is 24.0. The fraction of sp³-hybridized carbons (Fsp3) is 0.533. The number of carbonyl (C=O) groups excluding carboxylic acids is 1. The summed E-state index contributed by atoms with van der Waals surface area (Å²) in [5.41, 5.74) is 0.892.